The van der Waals surface area contributed by atoms with Crippen molar-refractivity contribution in [2.24, 2.45) is 0 Å². The van der Waals surface area contributed by atoms with Gasteiger partial charge in [-0.3, -0.25) is 4.79 Å². The Labute approximate surface area is 131 Å². The van der Waals surface area contributed by atoms with Crippen LogP contribution in [0.4, 0.5) is 5.69 Å². The molecule has 2 N–H and O–H groups in total. The van der Waals surface area contributed by atoms with Crippen molar-refractivity contribution >= 4 is 11.6 Å². The van der Waals surface area contributed by atoms with Crippen LogP contribution in [0.25, 0.3) is 0 Å². The highest BCUT2D eigenvalue weighted by atomic mass is 16.3. The SMILES string of the molecule is N#CC1(NC(=O)CN(CCO)c2ccccc2)CCCCC1. The highest BCUT2D eigenvalue weighted by Crippen LogP contribution is 2.27. The summed E-state index contributed by atoms with van der Waals surface area (Å²) in [6.07, 6.45) is 4.53. The predicted molar refractivity (Wildman–Crippen MR) is 85.3 cm³/mol. The molecule has 1 aromatic rings. The minimum Gasteiger partial charge on any atom is -0.395 e. The van der Waals surface area contributed by atoms with Crippen molar-refractivity contribution in [2.45, 2.75) is 37.6 Å². The molecule has 0 aliphatic heterocycles. The zero-order chi connectivity index (χ0) is 15.8. The van der Waals surface area contributed by atoms with Crippen LogP contribution in [-0.4, -0.2) is 36.2 Å². The van der Waals surface area contributed by atoms with Gasteiger partial charge in [-0.1, -0.05) is 37.5 Å². The number of carbonyl (C=O) groups excluding carboxylic acids is 1. The van der Waals surface area contributed by atoms with Crippen molar-refractivity contribution in [1.82, 2.24) is 5.32 Å². The van der Waals surface area contributed by atoms with Gasteiger partial charge in [-0.2, -0.15) is 5.26 Å². The third kappa shape index (κ3) is 4.22. The minimum atomic E-state index is -0.711. The summed E-state index contributed by atoms with van der Waals surface area (Å²) in [4.78, 5) is 14.2. The first-order valence-electron chi connectivity index (χ1n) is 7.82. The highest BCUT2D eigenvalue weighted by Gasteiger charge is 2.33. The number of nitrogens with zero attached hydrogens (tertiary/aromatic N) is 2. The van der Waals surface area contributed by atoms with Gasteiger partial charge < -0.3 is 15.3 Å². The number of rotatable bonds is 6. The summed E-state index contributed by atoms with van der Waals surface area (Å²) in [6.45, 7) is 0.510. The lowest BCUT2D eigenvalue weighted by Crippen LogP contribution is -2.52. The predicted octanol–water partition coefficient (Wildman–Crippen LogP) is 1.83. The molecule has 22 heavy (non-hydrogen) atoms. The zero-order valence-corrected chi connectivity index (χ0v) is 12.8. The molecule has 1 aromatic carbocycles. The number of benzene rings is 1. The molecule has 1 aliphatic rings. The lowest BCUT2D eigenvalue weighted by atomic mass is 9.83. The zero-order valence-electron chi connectivity index (χ0n) is 12.8. The maximum Gasteiger partial charge on any atom is 0.240 e. The normalized spacial score (nSPS) is 16.5. The van der Waals surface area contributed by atoms with E-state index in [9.17, 15) is 15.2 Å². The summed E-state index contributed by atoms with van der Waals surface area (Å²) >= 11 is 0. The molecule has 0 bridgehead atoms. The molecule has 118 valence electrons. The van der Waals surface area contributed by atoms with Crippen molar-refractivity contribution in [1.29, 1.82) is 5.26 Å². The van der Waals surface area contributed by atoms with Crippen LogP contribution in [0.2, 0.25) is 0 Å². The van der Waals surface area contributed by atoms with E-state index in [0.717, 1.165) is 37.8 Å². The van der Waals surface area contributed by atoms with E-state index in [2.05, 4.69) is 11.4 Å². The minimum absolute atomic E-state index is 0.0223. The molecule has 0 aromatic heterocycles. The average molecular weight is 301 g/mol. The van der Waals surface area contributed by atoms with Crippen LogP contribution in [-0.2, 0) is 4.79 Å². The van der Waals surface area contributed by atoms with Crippen molar-refractivity contribution in [2.75, 3.05) is 24.6 Å². The average Bonchev–Trinajstić information content (AvgIpc) is 2.56. The van der Waals surface area contributed by atoms with E-state index in [4.69, 9.17) is 0 Å². The third-order valence-corrected chi connectivity index (χ3v) is 4.13. The largest absolute Gasteiger partial charge is 0.395 e. The van der Waals surface area contributed by atoms with Crippen LogP contribution < -0.4 is 10.2 Å². The number of aliphatic hydroxyl groups is 1. The van der Waals surface area contributed by atoms with Crippen LogP contribution in [0.3, 0.4) is 0 Å². The third-order valence-electron chi connectivity index (χ3n) is 4.13. The van der Waals surface area contributed by atoms with E-state index >= 15 is 0 Å². The van der Waals surface area contributed by atoms with Gasteiger partial charge in [0.05, 0.1) is 19.2 Å². The molecular formula is C17H23N3O2. The number of anilines is 1. The number of aliphatic hydroxyl groups excluding tert-OH is 1. The van der Waals surface area contributed by atoms with Gasteiger partial charge in [0.15, 0.2) is 0 Å². The second kappa shape index (κ2) is 7.81. The van der Waals surface area contributed by atoms with Gasteiger partial charge in [-0.15, -0.1) is 0 Å². The van der Waals surface area contributed by atoms with Gasteiger partial charge in [0.25, 0.3) is 0 Å². The van der Waals surface area contributed by atoms with Gasteiger partial charge in [0.2, 0.25) is 5.91 Å². The van der Waals surface area contributed by atoms with E-state index in [1.807, 2.05) is 35.2 Å². The van der Waals surface area contributed by atoms with Crippen LogP contribution in [0.1, 0.15) is 32.1 Å². The quantitative estimate of drug-likeness (QED) is 0.840. The van der Waals surface area contributed by atoms with Crippen molar-refractivity contribution in [3.8, 4) is 6.07 Å². The molecular weight excluding hydrogens is 278 g/mol. The summed E-state index contributed by atoms with van der Waals surface area (Å²) in [5, 5.41) is 21.5. The van der Waals surface area contributed by atoms with E-state index in [1.54, 1.807) is 0 Å². The maximum atomic E-state index is 12.3. The fraction of sp³-hybridized carbons (Fsp3) is 0.529. The first-order valence-corrected chi connectivity index (χ1v) is 7.82. The Bertz CT molecular complexity index is 518. The van der Waals surface area contributed by atoms with E-state index in [0.29, 0.717) is 6.54 Å². The van der Waals surface area contributed by atoms with Crippen LogP contribution in [0.15, 0.2) is 30.3 Å². The molecule has 0 atom stereocenters. The summed E-state index contributed by atoms with van der Waals surface area (Å²) < 4.78 is 0. The molecule has 5 heteroatoms. The molecule has 0 unspecified atom stereocenters. The molecule has 2 rings (SSSR count). The molecule has 0 heterocycles. The molecule has 0 saturated heterocycles. The summed E-state index contributed by atoms with van der Waals surface area (Å²) in [5.74, 6) is -0.166. The topological polar surface area (TPSA) is 76.4 Å². The van der Waals surface area contributed by atoms with E-state index in [-0.39, 0.29) is 19.1 Å². The number of hydrogen-bond donors (Lipinski definition) is 2. The second-order valence-electron chi connectivity index (χ2n) is 5.78. The van der Waals surface area contributed by atoms with Crippen LogP contribution in [0.5, 0.6) is 0 Å². The number of para-hydroxylation sites is 1. The van der Waals surface area contributed by atoms with Gasteiger partial charge >= 0.3 is 0 Å². The number of nitriles is 1. The second-order valence-corrected chi connectivity index (χ2v) is 5.78. The Balaban J connectivity index is 2.00. The first-order chi connectivity index (χ1) is 10.7. The van der Waals surface area contributed by atoms with Crippen molar-refractivity contribution < 1.29 is 9.90 Å². The van der Waals surface area contributed by atoms with Crippen molar-refractivity contribution in [3.05, 3.63) is 30.3 Å². The molecule has 5 nitrogen and oxygen atoms in total. The summed E-state index contributed by atoms with van der Waals surface area (Å²) in [6, 6.07) is 11.8. The molecule has 1 saturated carbocycles. The number of hydrogen-bond acceptors (Lipinski definition) is 4. The van der Waals surface area contributed by atoms with E-state index in [1.165, 1.54) is 0 Å². The van der Waals surface area contributed by atoms with Crippen LogP contribution in [0, 0.1) is 11.3 Å². The summed E-state index contributed by atoms with van der Waals surface area (Å²) in [7, 11) is 0. The number of nitrogens with one attached hydrogen (secondary N) is 1. The Morgan fingerprint density at radius 1 is 1.27 bits per heavy atom. The van der Waals surface area contributed by atoms with Crippen LogP contribution >= 0.6 is 0 Å². The van der Waals surface area contributed by atoms with Gasteiger partial charge in [0, 0.05) is 12.2 Å². The van der Waals surface area contributed by atoms with Gasteiger partial charge in [-0.25, -0.2) is 0 Å². The van der Waals surface area contributed by atoms with Crippen molar-refractivity contribution in [3.63, 3.8) is 0 Å². The summed E-state index contributed by atoms with van der Waals surface area (Å²) in [5.41, 5.74) is 0.179. The fourth-order valence-corrected chi connectivity index (χ4v) is 2.96. The lowest BCUT2D eigenvalue weighted by molar-refractivity contribution is -0.121. The first kappa shape index (κ1) is 16.3. The number of amides is 1. The monoisotopic (exact) mass is 301 g/mol. The van der Waals surface area contributed by atoms with Gasteiger partial charge in [-0.05, 0) is 25.0 Å². The Hall–Kier alpha value is -2.06. The fourth-order valence-electron chi connectivity index (χ4n) is 2.96. The Morgan fingerprint density at radius 2 is 1.95 bits per heavy atom. The molecule has 1 aliphatic carbocycles. The maximum absolute atomic E-state index is 12.3. The standard InChI is InChI=1S/C17H23N3O2/c18-14-17(9-5-2-6-10-17)19-16(22)13-20(11-12-21)15-7-3-1-4-8-15/h1,3-4,7-8,21H,2,5-6,9-13H2,(H,19,22). The smallest absolute Gasteiger partial charge is 0.240 e. The molecule has 1 amide bonds. The lowest BCUT2D eigenvalue weighted by Gasteiger charge is -2.33. The van der Waals surface area contributed by atoms with E-state index < -0.39 is 5.54 Å². The molecule has 0 radical (unpaired) electrons. The Kier molecular flexibility index (Phi) is 5.79. The molecule has 1 fully saturated rings. The highest BCUT2D eigenvalue weighted by molar-refractivity contribution is 5.82. The van der Waals surface area contributed by atoms with Gasteiger partial charge in [0.1, 0.15) is 5.54 Å². The Morgan fingerprint density at radius 3 is 2.55 bits per heavy atom. The number of carbonyl (C=O) groups is 1. The molecule has 0 spiro atoms.